The molecule has 0 fully saturated rings. The molecule has 67 heavy (non-hydrogen) atoms. The normalized spacial score (nSPS) is 12.3. The first kappa shape index (κ1) is 40.2. The molecule has 0 aliphatic heterocycles. The molecular formula is C65H45NS. The number of hydrogen-bond donors (Lipinski definition) is 0. The molecule has 0 saturated carbocycles. The smallest absolute Gasteiger partial charge is 0.0729 e. The van der Waals surface area contributed by atoms with Gasteiger partial charge in [0.15, 0.2) is 0 Å². The quantitative estimate of drug-likeness (QED) is 0.132. The van der Waals surface area contributed by atoms with Gasteiger partial charge in [-0.2, -0.15) is 0 Å². The predicted molar refractivity (Wildman–Crippen MR) is 283 cm³/mol. The van der Waals surface area contributed by atoms with Gasteiger partial charge >= 0.3 is 0 Å². The number of anilines is 3. The van der Waals surface area contributed by atoms with Crippen LogP contribution in [-0.4, -0.2) is 0 Å². The van der Waals surface area contributed by atoms with Crippen molar-refractivity contribution in [3.8, 4) is 65.4 Å². The molecule has 1 nitrogen and oxygen atoms in total. The van der Waals surface area contributed by atoms with Gasteiger partial charge in [0.25, 0.3) is 0 Å². The summed E-state index contributed by atoms with van der Waals surface area (Å²) < 4.78 is 0. The second-order valence-electron chi connectivity index (χ2n) is 17.2. The van der Waals surface area contributed by atoms with Gasteiger partial charge in [-0.1, -0.05) is 237 Å². The first-order valence-electron chi connectivity index (χ1n) is 23.0. The van der Waals surface area contributed by atoms with Gasteiger partial charge in [-0.15, -0.1) is 11.3 Å². The summed E-state index contributed by atoms with van der Waals surface area (Å²) >= 11 is 1.92. The van der Waals surface area contributed by atoms with Crippen LogP contribution in [0.3, 0.4) is 0 Å². The molecule has 0 unspecified atom stereocenters. The van der Waals surface area contributed by atoms with Crippen LogP contribution in [0.1, 0.15) is 22.3 Å². The van der Waals surface area contributed by atoms with Crippen LogP contribution in [-0.2, 0) is 5.41 Å². The van der Waals surface area contributed by atoms with Crippen molar-refractivity contribution in [3.63, 3.8) is 0 Å². The minimum Gasteiger partial charge on any atom is -0.310 e. The first-order valence-corrected chi connectivity index (χ1v) is 23.8. The Hall–Kier alpha value is -8.30. The van der Waals surface area contributed by atoms with Crippen LogP contribution in [0, 0.1) is 0 Å². The summed E-state index contributed by atoms with van der Waals surface area (Å²) in [6, 6.07) is 99.8. The minimum atomic E-state index is -0.628. The Balaban J connectivity index is 1.07. The van der Waals surface area contributed by atoms with E-state index in [9.17, 15) is 0 Å². The highest BCUT2D eigenvalue weighted by atomic mass is 32.1. The summed E-state index contributed by atoms with van der Waals surface area (Å²) in [5.41, 5.74) is 20.0. The summed E-state index contributed by atoms with van der Waals surface area (Å²) in [6.07, 6.45) is 0. The molecule has 0 N–H and O–H groups in total. The molecule has 0 radical (unpaired) electrons. The zero-order valence-corrected chi connectivity index (χ0v) is 37.7. The van der Waals surface area contributed by atoms with E-state index in [1.54, 1.807) is 0 Å². The molecule has 0 spiro atoms. The lowest BCUT2D eigenvalue weighted by Crippen LogP contribution is -2.29. The van der Waals surface area contributed by atoms with Crippen molar-refractivity contribution < 1.29 is 0 Å². The van der Waals surface area contributed by atoms with Crippen molar-refractivity contribution in [1.82, 2.24) is 0 Å². The SMILES string of the molecule is c1ccc(-c2ccc(-c3ccc(N(c4ccc(-c5ccccc5)cc4)c4ccc5c(c4)C(c4ccccc4)(c4ccccc4)c4c-5sc(-c5ccccc5)c4-c4ccccc4)cc3)cc2)cc1. The van der Waals surface area contributed by atoms with E-state index < -0.39 is 5.41 Å². The molecule has 0 atom stereocenters. The molecule has 1 aliphatic rings. The summed E-state index contributed by atoms with van der Waals surface area (Å²) in [5.74, 6) is 0. The molecule has 0 saturated heterocycles. The highest BCUT2D eigenvalue weighted by Gasteiger charge is 2.50. The van der Waals surface area contributed by atoms with Crippen LogP contribution < -0.4 is 4.90 Å². The Bertz CT molecular complexity index is 3400. The maximum absolute atomic E-state index is 2.49. The molecule has 1 heterocycles. The van der Waals surface area contributed by atoms with Gasteiger partial charge in [0.05, 0.1) is 5.41 Å². The fourth-order valence-corrected chi connectivity index (χ4v) is 11.7. The fourth-order valence-electron chi connectivity index (χ4n) is 10.3. The second-order valence-corrected chi connectivity index (χ2v) is 18.2. The van der Waals surface area contributed by atoms with Crippen LogP contribution in [0.2, 0.25) is 0 Å². The average molecular weight is 872 g/mol. The van der Waals surface area contributed by atoms with Crippen molar-refractivity contribution >= 4 is 28.4 Å². The lowest BCUT2D eigenvalue weighted by atomic mass is 9.66. The van der Waals surface area contributed by atoms with Crippen LogP contribution in [0.5, 0.6) is 0 Å². The van der Waals surface area contributed by atoms with E-state index in [0.717, 1.165) is 17.1 Å². The van der Waals surface area contributed by atoms with Crippen molar-refractivity contribution in [1.29, 1.82) is 0 Å². The van der Waals surface area contributed by atoms with Crippen molar-refractivity contribution in [2.24, 2.45) is 0 Å². The van der Waals surface area contributed by atoms with Gasteiger partial charge in [-0.05, 0) is 109 Å². The van der Waals surface area contributed by atoms with E-state index in [4.69, 9.17) is 0 Å². The molecule has 0 amide bonds. The fraction of sp³-hybridized carbons (Fsp3) is 0.0154. The number of rotatable bonds is 10. The Kier molecular flexibility index (Phi) is 10.4. The van der Waals surface area contributed by atoms with E-state index in [-0.39, 0.29) is 0 Å². The van der Waals surface area contributed by atoms with Crippen LogP contribution in [0.4, 0.5) is 17.1 Å². The topological polar surface area (TPSA) is 3.24 Å². The van der Waals surface area contributed by atoms with E-state index in [0.29, 0.717) is 0 Å². The highest BCUT2D eigenvalue weighted by Crippen LogP contribution is 2.64. The molecule has 10 aromatic carbocycles. The van der Waals surface area contributed by atoms with Crippen molar-refractivity contribution in [2.75, 3.05) is 4.90 Å². The van der Waals surface area contributed by atoms with Crippen molar-refractivity contribution in [2.45, 2.75) is 5.41 Å². The zero-order chi connectivity index (χ0) is 44.6. The minimum absolute atomic E-state index is 0.628. The first-order chi connectivity index (χ1) is 33.2. The maximum Gasteiger partial charge on any atom is 0.0729 e. The summed E-state index contributed by atoms with van der Waals surface area (Å²) in [5, 5.41) is 0. The Morgan fingerprint density at radius 3 is 1.06 bits per heavy atom. The third-order valence-corrected chi connectivity index (χ3v) is 14.7. The summed E-state index contributed by atoms with van der Waals surface area (Å²) in [7, 11) is 0. The number of benzene rings is 10. The van der Waals surface area contributed by atoms with Crippen molar-refractivity contribution in [3.05, 3.63) is 295 Å². The molecule has 12 rings (SSSR count). The third-order valence-electron chi connectivity index (χ3n) is 13.4. The summed E-state index contributed by atoms with van der Waals surface area (Å²) in [6.45, 7) is 0. The lowest BCUT2D eigenvalue weighted by molar-refractivity contribution is 0.772. The van der Waals surface area contributed by atoms with E-state index in [1.165, 1.54) is 87.6 Å². The second kappa shape index (κ2) is 17.2. The summed E-state index contributed by atoms with van der Waals surface area (Å²) in [4.78, 5) is 5.03. The lowest BCUT2D eigenvalue weighted by Gasteiger charge is -2.35. The highest BCUT2D eigenvalue weighted by molar-refractivity contribution is 7.20. The molecule has 2 heteroatoms. The van der Waals surface area contributed by atoms with Gasteiger partial charge in [0.2, 0.25) is 0 Å². The molecular weight excluding hydrogens is 827 g/mol. The molecule has 316 valence electrons. The largest absolute Gasteiger partial charge is 0.310 e. The third kappa shape index (κ3) is 7.11. The standard InChI is InChI=1S/C65H45NS/c1-7-19-46(20-8-1)48-31-33-49(34-32-48)51-37-41-57(42-38-51)66(56-39-35-50(36-40-56)47-21-9-2-10-22-47)58-43-44-59-60(45-58)65(54-27-15-5-16-28-54,55-29-17-6-18-30-55)62-61(52-23-11-3-12-24-52)63(67-64(59)62)53-25-13-4-14-26-53/h1-45H. The number of fused-ring (bicyclic) bond motifs is 3. The molecule has 0 bridgehead atoms. The van der Waals surface area contributed by atoms with E-state index in [1.807, 2.05) is 11.3 Å². The molecule has 1 aliphatic carbocycles. The number of hydrogen-bond acceptors (Lipinski definition) is 2. The Labute approximate surface area is 397 Å². The van der Waals surface area contributed by atoms with Gasteiger partial charge in [-0.25, -0.2) is 0 Å². The van der Waals surface area contributed by atoms with Crippen LogP contribution in [0.25, 0.3) is 65.4 Å². The average Bonchev–Trinajstić information content (AvgIpc) is 3.94. The Morgan fingerprint density at radius 2 is 0.627 bits per heavy atom. The number of nitrogens with zero attached hydrogens (tertiary/aromatic N) is 1. The molecule has 1 aromatic heterocycles. The predicted octanol–water partition coefficient (Wildman–Crippen LogP) is 17.9. The zero-order valence-electron chi connectivity index (χ0n) is 36.8. The maximum atomic E-state index is 2.49. The van der Waals surface area contributed by atoms with E-state index >= 15 is 0 Å². The van der Waals surface area contributed by atoms with Gasteiger partial charge in [0.1, 0.15) is 0 Å². The van der Waals surface area contributed by atoms with Gasteiger partial charge in [0, 0.05) is 32.4 Å². The molecule has 11 aromatic rings. The van der Waals surface area contributed by atoms with Gasteiger partial charge in [-0.3, -0.25) is 0 Å². The van der Waals surface area contributed by atoms with Gasteiger partial charge < -0.3 is 4.90 Å². The van der Waals surface area contributed by atoms with Crippen LogP contribution >= 0.6 is 11.3 Å². The monoisotopic (exact) mass is 871 g/mol. The Morgan fingerprint density at radius 1 is 0.284 bits per heavy atom. The van der Waals surface area contributed by atoms with E-state index in [2.05, 4.69) is 278 Å². The van der Waals surface area contributed by atoms with Crippen LogP contribution in [0.15, 0.2) is 273 Å². The number of thiophene rings is 1.